The molecule has 3 aromatic heterocycles. The fourth-order valence-corrected chi connectivity index (χ4v) is 13.3. The predicted octanol–water partition coefficient (Wildman–Crippen LogP) is 19.1. The van der Waals surface area contributed by atoms with Crippen LogP contribution in [0.25, 0.3) is 89.7 Å². The number of hydrogen-bond donors (Lipinski definition) is 3. The Kier molecular flexibility index (Phi) is 18.6. The van der Waals surface area contributed by atoms with Gasteiger partial charge in [-0.15, -0.1) is 0 Å². The molecule has 25 heteroatoms. The summed E-state index contributed by atoms with van der Waals surface area (Å²) in [7, 11) is 19.1. The average Bonchev–Trinajstić information content (AvgIpc) is 1.59. The lowest BCUT2D eigenvalue weighted by Crippen LogP contribution is -2.08. The van der Waals surface area contributed by atoms with Crippen molar-refractivity contribution in [3.05, 3.63) is 224 Å². The molecule has 0 saturated heterocycles. The van der Waals surface area contributed by atoms with E-state index >= 15 is 0 Å². The standard InChI is InChI=1S/C86H76N14O10S/c1-95(2)50-19-13-25-57(37-50)105-73-44-67-68(45-74(73)106-58-26-14-20-51(38-58)96(3)4)83-90-81(67)88-79-65-36-33-63(104-56-31-34-64(35-32-56)111(101,102)103)43-66(65)80(87-79)89-82-69-46-75(107-59-27-15-21-52(39-59)97(5)6)76(108-60-28-16-22-53(40-60)98(7)8)47-70(69)84(91-82)93-86-72-49-78(110-62-30-18-24-55(42-62)100(11)12)77(48-71(72)85(92-83)94-86)109-61-29-17-23-54(41-61)99(9)10/h13-49H,1-12H3,(H,101,102,103)(H2,87,88,89,90,91,92,93,94). The van der Waals surface area contributed by atoms with E-state index < -0.39 is 10.1 Å². The first-order valence-corrected chi connectivity index (χ1v) is 36.9. The molecule has 0 aliphatic carbocycles. The molecular weight excluding hydrogens is 1420 g/mol. The van der Waals surface area contributed by atoms with Crippen molar-refractivity contribution < 1.29 is 46.1 Å². The van der Waals surface area contributed by atoms with Crippen molar-refractivity contribution in [3.63, 3.8) is 0 Å². The number of anilines is 6. The largest absolute Gasteiger partial charge is 0.457 e. The van der Waals surface area contributed by atoms with Gasteiger partial charge in [0.25, 0.3) is 10.1 Å². The van der Waals surface area contributed by atoms with Gasteiger partial charge in [-0.25, -0.2) is 29.9 Å². The van der Waals surface area contributed by atoms with Crippen LogP contribution in [0, 0.1) is 0 Å². The molecule has 0 radical (unpaired) electrons. The van der Waals surface area contributed by atoms with Gasteiger partial charge in [-0.3, -0.25) is 4.55 Å². The second-order valence-electron chi connectivity index (χ2n) is 27.9. The molecule has 0 saturated carbocycles. The Morgan fingerprint density at radius 3 is 0.775 bits per heavy atom. The van der Waals surface area contributed by atoms with Crippen molar-refractivity contribution in [1.82, 2.24) is 39.9 Å². The molecule has 0 atom stereocenters. The third-order valence-electron chi connectivity index (χ3n) is 18.7. The predicted molar refractivity (Wildman–Crippen MR) is 437 cm³/mol. The molecule has 3 N–H and O–H groups in total. The van der Waals surface area contributed by atoms with Gasteiger partial charge >= 0.3 is 0 Å². The molecule has 16 rings (SSSR count). The minimum Gasteiger partial charge on any atom is -0.457 e. The molecule has 14 aromatic rings. The Bertz CT molecular complexity index is 6300. The third kappa shape index (κ3) is 14.9. The average molecular weight is 1500 g/mol. The normalized spacial score (nSPS) is 11.5. The zero-order valence-corrected chi connectivity index (χ0v) is 63.6. The van der Waals surface area contributed by atoms with E-state index in [1.165, 1.54) is 24.3 Å². The van der Waals surface area contributed by atoms with Gasteiger partial charge in [-0.05, 0) is 152 Å². The number of ether oxygens (including phenoxy) is 7. The van der Waals surface area contributed by atoms with Crippen LogP contribution in [-0.2, 0) is 10.1 Å². The van der Waals surface area contributed by atoms with E-state index in [1.807, 2.05) is 302 Å². The summed E-state index contributed by atoms with van der Waals surface area (Å²) in [5.74, 6) is 6.85. The van der Waals surface area contributed by atoms with E-state index in [2.05, 4.69) is 9.97 Å². The number of H-pyrrole nitrogens is 2. The highest BCUT2D eigenvalue weighted by molar-refractivity contribution is 7.85. The molecular formula is C86H76N14O10S. The van der Waals surface area contributed by atoms with Crippen molar-refractivity contribution >= 4 is 88.4 Å². The van der Waals surface area contributed by atoms with Crippen molar-refractivity contribution in [2.75, 3.05) is 114 Å². The summed E-state index contributed by atoms with van der Waals surface area (Å²) in [5.41, 5.74) is 8.84. The molecule has 5 heterocycles. The Morgan fingerprint density at radius 1 is 0.261 bits per heavy atom. The summed E-state index contributed by atoms with van der Waals surface area (Å²) in [4.78, 5) is 51.9. The van der Waals surface area contributed by atoms with E-state index in [-0.39, 0.29) is 33.9 Å². The van der Waals surface area contributed by atoms with Gasteiger partial charge in [-0.1, -0.05) is 36.4 Å². The Balaban J connectivity index is 1.01. The van der Waals surface area contributed by atoms with Crippen LogP contribution in [-0.4, -0.2) is 137 Å². The van der Waals surface area contributed by atoms with Crippen molar-refractivity contribution in [2.45, 2.75) is 4.90 Å². The summed E-state index contributed by atoms with van der Waals surface area (Å²) >= 11 is 0. The maximum Gasteiger partial charge on any atom is 0.294 e. The van der Waals surface area contributed by atoms with Crippen LogP contribution in [0.5, 0.6) is 80.5 Å². The highest BCUT2D eigenvalue weighted by atomic mass is 32.2. The molecule has 24 nitrogen and oxygen atoms in total. The summed E-state index contributed by atoms with van der Waals surface area (Å²) in [6.07, 6.45) is 0. The second kappa shape index (κ2) is 29.0. The van der Waals surface area contributed by atoms with Gasteiger partial charge in [0.15, 0.2) is 57.8 Å². The smallest absolute Gasteiger partial charge is 0.294 e. The molecule has 111 heavy (non-hydrogen) atoms. The first-order valence-electron chi connectivity index (χ1n) is 35.4. The summed E-state index contributed by atoms with van der Waals surface area (Å²) < 4.78 is 82.5. The van der Waals surface area contributed by atoms with Gasteiger partial charge in [0, 0.05) is 199 Å². The molecule has 556 valence electrons. The maximum absolute atomic E-state index is 12.2. The minimum atomic E-state index is -4.50. The molecule has 0 amide bonds. The van der Waals surface area contributed by atoms with Crippen LogP contribution < -0.4 is 62.6 Å². The molecule has 0 unspecified atom stereocenters. The van der Waals surface area contributed by atoms with Crippen LogP contribution in [0.1, 0.15) is 0 Å². The van der Waals surface area contributed by atoms with Crippen LogP contribution >= 0.6 is 0 Å². The molecule has 8 bridgehead atoms. The van der Waals surface area contributed by atoms with Gasteiger partial charge in [0.1, 0.15) is 68.6 Å². The molecule has 0 fully saturated rings. The van der Waals surface area contributed by atoms with Gasteiger partial charge < -0.3 is 72.5 Å². The molecule has 2 aliphatic rings. The van der Waals surface area contributed by atoms with E-state index in [4.69, 9.17) is 63.1 Å². The maximum atomic E-state index is 12.2. The van der Waals surface area contributed by atoms with E-state index in [0.29, 0.717) is 141 Å². The van der Waals surface area contributed by atoms with Crippen LogP contribution in [0.2, 0.25) is 0 Å². The molecule has 0 spiro atoms. The van der Waals surface area contributed by atoms with E-state index in [9.17, 15) is 13.0 Å². The van der Waals surface area contributed by atoms with Gasteiger partial charge in [0.2, 0.25) is 0 Å². The van der Waals surface area contributed by atoms with Gasteiger partial charge in [-0.2, -0.15) is 8.42 Å². The first kappa shape index (κ1) is 71.4. The Hall–Kier alpha value is -13.9. The molecule has 2 aliphatic heterocycles. The Labute approximate surface area is 640 Å². The Morgan fingerprint density at radius 2 is 0.505 bits per heavy atom. The number of nitrogens with zero attached hydrogens (tertiary/aromatic N) is 12. The number of nitrogens with one attached hydrogen (secondary N) is 2. The number of hydrogen-bond acceptors (Lipinski definition) is 21. The zero-order chi connectivity index (χ0) is 77.1. The monoisotopic (exact) mass is 1500 g/mol. The molecule has 11 aromatic carbocycles. The summed E-state index contributed by atoms with van der Waals surface area (Å²) in [6, 6.07) is 68.7. The SMILES string of the molecule is CN(C)c1cccc(Oc2cc3c(cc2Oc2cccc(N(C)C)c2)-c2nc-3nc3[nH]c(nc4nc(nc5[nH]c(n2)c2cc(Oc6cccc(N(C)C)c6)c(Oc6cccc(N(C)C)c6)cc52)-c2cc(Oc5cccc(N(C)C)c5)c(Oc5cccc(N(C)C)c5)cc2-4)c2cc(Oc4ccc(S(=O)(=O)O)cc4)ccc32)c1. The lowest BCUT2D eigenvalue weighted by molar-refractivity contribution is 0.419. The topological polar surface area (TPSA) is 247 Å². The van der Waals surface area contributed by atoms with Crippen LogP contribution in [0.3, 0.4) is 0 Å². The minimum absolute atomic E-state index is 0.217. The number of rotatable bonds is 21. The van der Waals surface area contributed by atoms with Crippen molar-refractivity contribution in [2.24, 2.45) is 0 Å². The lowest BCUT2D eigenvalue weighted by Gasteiger charge is -2.18. The number of aromatic nitrogens is 8. The van der Waals surface area contributed by atoms with Gasteiger partial charge in [0.05, 0.1) is 4.90 Å². The van der Waals surface area contributed by atoms with Crippen molar-refractivity contribution in [3.8, 4) is 126 Å². The fraction of sp³-hybridized carbons (Fsp3) is 0.140. The van der Waals surface area contributed by atoms with Crippen molar-refractivity contribution in [1.29, 1.82) is 0 Å². The highest BCUT2D eigenvalue weighted by Crippen LogP contribution is 2.50. The number of aromatic amines is 2. The number of benzene rings is 11. The third-order valence-corrected chi connectivity index (χ3v) is 19.6. The first-order chi connectivity index (χ1) is 53.4. The van der Waals surface area contributed by atoms with E-state index in [1.54, 1.807) is 12.1 Å². The fourth-order valence-electron chi connectivity index (χ4n) is 12.9. The summed E-state index contributed by atoms with van der Waals surface area (Å²) in [5, 5.41) is 2.25. The zero-order valence-electron chi connectivity index (χ0n) is 62.8. The van der Waals surface area contributed by atoms with E-state index in [0.717, 1.165) is 34.1 Å². The second-order valence-corrected chi connectivity index (χ2v) is 29.3. The summed E-state index contributed by atoms with van der Waals surface area (Å²) in [6.45, 7) is 0. The highest BCUT2D eigenvalue weighted by Gasteiger charge is 2.29. The number of fused-ring (bicyclic) bond motifs is 20. The van der Waals surface area contributed by atoms with Crippen LogP contribution in [0.15, 0.2) is 229 Å². The van der Waals surface area contributed by atoms with Crippen LogP contribution in [0.4, 0.5) is 34.1 Å². The lowest BCUT2D eigenvalue weighted by atomic mass is 10.1. The quantitative estimate of drug-likeness (QED) is 0.0566.